The molecule has 3 aromatic rings. The number of hydrogen-bond acceptors (Lipinski definition) is 9. The molecule has 0 amide bonds. The summed E-state index contributed by atoms with van der Waals surface area (Å²) in [5, 5.41) is 3.84. The summed E-state index contributed by atoms with van der Waals surface area (Å²) in [4.78, 5) is 21.8. The fourth-order valence-electron chi connectivity index (χ4n) is 4.13. The van der Waals surface area contributed by atoms with E-state index in [1.165, 1.54) is 43.0 Å². The summed E-state index contributed by atoms with van der Waals surface area (Å²) < 4.78 is 52.3. The van der Waals surface area contributed by atoms with E-state index in [-0.39, 0.29) is 11.5 Å². The van der Waals surface area contributed by atoms with Crippen LogP contribution in [-0.4, -0.2) is 49.4 Å². The monoisotopic (exact) mass is 522 g/mol. The molecule has 35 heavy (non-hydrogen) atoms. The smallest absolute Gasteiger partial charge is 0.348 e. The standard InChI is InChI=1S/C23H27FN4O5S2/c1-4-35(30,31)28-16-7-5-6-8-17(16)33-18-11-14(24)9-10-15(18)27-21-19-13(2)20(23(29)32-3)34-22(19)26-12-25-21/h9-12,16-17,28H,4-8H2,1-3H3,(H,25,26,27). The van der Waals surface area contributed by atoms with Gasteiger partial charge < -0.3 is 14.8 Å². The average Bonchev–Trinajstić information content (AvgIpc) is 3.18. The second kappa shape index (κ2) is 10.4. The Morgan fingerprint density at radius 1 is 1.26 bits per heavy atom. The number of rotatable bonds is 8. The van der Waals surface area contributed by atoms with Crippen LogP contribution in [0.15, 0.2) is 24.5 Å². The average molecular weight is 523 g/mol. The second-order valence-corrected chi connectivity index (χ2v) is 11.3. The zero-order valence-corrected chi connectivity index (χ0v) is 21.3. The number of ether oxygens (including phenoxy) is 2. The maximum absolute atomic E-state index is 14.2. The highest BCUT2D eigenvalue weighted by molar-refractivity contribution is 7.89. The molecule has 0 aliphatic heterocycles. The molecule has 1 aromatic carbocycles. The van der Waals surface area contributed by atoms with Gasteiger partial charge in [0.2, 0.25) is 10.0 Å². The summed E-state index contributed by atoms with van der Waals surface area (Å²) in [7, 11) is -2.10. The molecule has 0 saturated heterocycles. The Bertz CT molecular complexity index is 1350. The normalized spacial score (nSPS) is 18.4. The number of nitrogens with one attached hydrogen (secondary N) is 2. The summed E-state index contributed by atoms with van der Waals surface area (Å²) in [5.41, 5.74) is 1.13. The van der Waals surface area contributed by atoms with Crippen molar-refractivity contribution in [2.75, 3.05) is 18.2 Å². The molecule has 1 fully saturated rings. The number of methoxy groups -OCH3 is 1. The van der Waals surface area contributed by atoms with Crippen molar-refractivity contribution >= 4 is 49.1 Å². The quantitative estimate of drug-likeness (QED) is 0.420. The molecule has 2 atom stereocenters. The van der Waals surface area contributed by atoms with Crippen molar-refractivity contribution in [2.45, 2.75) is 51.7 Å². The molecule has 4 rings (SSSR count). The SMILES string of the molecule is CCS(=O)(=O)NC1CCCCC1Oc1cc(F)ccc1Nc1ncnc2sc(C(=O)OC)c(C)c12. The second-order valence-electron chi connectivity index (χ2n) is 8.28. The van der Waals surface area contributed by atoms with Crippen LogP contribution in [0.25, 0.3) is 10.2 Å². The lowest BCUT2D eigenvalue weighted by Crippen LogP contribution is -2.48. The van der Waals surface area contributed by atoms with Crippen molar-refractivity contribution < 1.29 is 27.1 Å². The Labute approximate surface area is 207 Å². The third kappa shape index (κ3) is 5.54. The third-order valence-electron chi connectivity index (χ3n) is 5.99. The first-order chi connectivity index (χ1) is 16.7. The van der Waals surface area contributed by atoms with Crippen molar-refractivity contribution in [3.05, 3.63) is 40.8 Å². The number of sulfonamides is 1. The minimum Gasteiger partial charge on any atom is -0.486 e. The number of thiophene rings is 1. The number of benzene rings is 1. The molecular weight excluding hydrogens is 495 g/mol. The first-order valence-electron chi connectivity index (χ1n) is 11.3. The highest BCUT2D eigenvalue weighted by atomic mass is 32.2. The number of carbonyl (C=O) groups is 1. The van der Waals surface area contributed by atoms with Gasteiger partial charge in [0.15, 0.2) is 0 Å². The summed E-state index contributed by atoms with van der Waals surface area (Å²) in [6.07, 6.45) is 3.96. The lowest BCUT2D eigenvalue weighted by molar-refractivity contribution is 0.0605. The van der Waals surface area contributed by atoms with Crippen molar-refractivity contribution in [1.29, 1.82) is 0 Å². The first-order valence-corrected chi connectivity index (χ1v) is 13.7. The Morgan fingerprint density at radius 3 is 2.77 bits per heavy atom. The number of anilines is 2. The lowest BCUT2D eigenvalue weighted by Gasteiger charge is -2.32. The summed E-state index contributed by atoms with van der Waals surface area (Å²) >= 11 is 1.20. The minimum absolute atomic E-state index is 0.0275. The van der Waals surface area contributed by atoms with E-state index >= 15 is 0 Å². The molecule has 1 aliphatic rings. The maximum Gasteiger partial charge on any atom is 0.348 e. The van der Waals surface area contributed by atoms with Gasteiger partial charge in [-0.3, -0.25) is 0 Å². The third-order valence-corrected chi connectivity index (χ3v) is 8.59. The fourth-order valence-corrected chi connectivity index (χ4v) is 6.09. The summed E-state index contributed by atoms with van der Waals surface area (Å²) in [6, 6.07) is 3.69. The van der Waals surface area contributed by atoms with E-state index in [4.69, 9.17) is 9.47 Å². The van der Waals surface area contributed by atoms with Crippen molar-refractivity contribution in [2.24, 2.45) is 0 Å². The van der Waals surface area contributed by atoms with Gasteiger partial charge in [-0.15, -0.1) is 11.3 Å². The topological polar surface area (TPSA) is 120 Å². The molecule has 12 heteroatoms. The molecule has 1 aliphatic carbocycles. The Morgan fingerprint density at radius 2 is 2.03 bits per heavy atom. The number of halogens is 1. The van der Waals surface area contributed by atoms with Gasteiger partial charge >= 0.3 is 5.97 Å². The van der Waals surface area contributed by atoms with E-state index < -0.39 is 34.0 Å². The van der Waals surface area contributed by atoms with Crippen molar-refractivity contribution in [3.8, 4) is 5.75 Å². The number of carbonyl (C=O) groups excluding carboxylic acids is 1. The number of aromatic nitrogens is 2. The molecule has 188 valence electrons. The number of hydrogen-bond donors (Lipinski definition) is 2. The van der Waals surface area contributed by atoms with Gasteiger partial charge in [0.1, 0.15) is 39.5 Å². The maximum atomic E-state index is 14.2. The van der Waals surface area contributed by atoms with Crippen LogP contribution >= 0.6 is 11.3 Å². The molecule has 2 unspecified atom stereocenters. The van der Waals surface area contributed by atoms with Crippen molar-refractivity contribution in [1.82, 2.24) is 14.7 Å². The van der Waals surface area contributed by atoms with Crippen LogP contribution < -0.4 is 14.8 Å². The molecule has 0 radical (unpaired) electrons. The predicted octanol–water partition coefficient (Wildman–Crippen LogP) is 4.30. The van der Waals surface area contributed by atoms with E-state index in [1.54, 1.807) is 13.8 Å². The van der Waals surface area contributed by atoms with Crippen molar-refractivity contribution in [3.63, 3.8) is 0 Å². The van der Waals surface area contributed by atoms with Gasteiger partial charge in [0.05, 0.1) is 30.0 Å². The first kappa shape index (κ1) is 25.3. The number of esters is 1. The molecule has 0 bridgehead atoms. The zero-order chi connectivity index (χ0) is 25.2. The number of nitrogens with zero attached hydrogens (tertiary/aromatic N) is 2. The van der Waals surface area contributed by atoms with Crippen LogP contribution in [0.3, 0.4) is 0 Å². The lowest BCUT2D eigenvalue weighted by atomic mass is 9.93. The van der Waals surface area contributed by atoms with E-state index in [9.17, 15) is 17.6 Å². The molecule has 1 saturated carbocycles. The highest BCUT2D eigenvalue weighted by Gasteiger charge is 2.30. The van der Waals surface area contributed by atoms with E-state index in [2.05, 4.69) is 20.0 Å². The minimum atomic E-state index is -3.42. The Balaban J connectivity index is 1.66. The molecular formula is C23H27FN4O5S2. The number of aryl methyl sites for hydroxylation is 1. The largest absolute Gasteiger partial charge is 0.486 e. The van der Waals surface area contributed by atoms with Crippen LogP contribution in [0.1, 0.15) is 47.8 Å². The Kier molecular flexibility index (Phi) is 7.53. The summed E-state index contributed by atoms with van der Waals surface area (Å²) in [6.45, 7) is 3.37. The van der Waals surface area contributed by atoms with Crippen LogP contribution in [0, 0.1) is 12.7 Å². The van der Waals surface area contributed by atoms with Gasteiger partial charge in [-0.2, -0.15) is 0 Å². The van der Waals surface area contributed by atoms with Gasteiger partial charge in [-0.1, -0.05) is 6.42 Å². The molecule has 9 nitrogen and oxygen atoms in total. The molecule has 2 aromatic heterocycles. The Hall–Kier alpha value is -2.83. The van der Waals surface area contributed by atoms with E-state index in [0.29, 0.717) is 45.0 Å². The zero-order valence-electron chi connectivity index (χ0n) is 19.6. The van der Waals surface area contributed by atoms with Gasteiger partial charge in [0, 0.05) is 6.07 Å². The molecule has 0 spiro atoms. The molecule has 2 heterocycles. The fraction of sp³-hybridized carbons (Fsp3) is 0.435. The predicted molar refractivity (Wildman–Crippen MR) is 132 cm³/mol. The van der Waals surface area contributed by atoms with Crippen LogP contribution in [-0.2, 0) is 14.8 Å². The van der Waals surface area contributed by atoms with Gasteiger partial charge in [-0.05, 0) is 50.8 Å². The van der Waals surface area contributed by atoms with Gasteiger partial charge in [0.25, 0.3) is 0 Å². The molecule has 2 N–H and O–H groups in total. The van der Waals surface area contributed by atoms with E-state index in [0.717, 1.165) is 12.8 Å². The van der Waals surface area contributed by atoms with E-state index in [1.807, 2.05) is 0 Å². The van der Waals surface area contributed by atoms with Crippen LogP contribution in [0.4, 0.5) is 15.9 Å². The highest BCUT2D eigenvalue weighted by Crippen LogP contribution is 2.37. The number of fused-ring (bicyclic) bond motifs is 1. The van der Waals surface area contributed by atoms with Gasteiger partial charge in [-0.25, -0.2) is 32.3 Å². The summed E-state index contributed by atoms with van der Waals surface area (Å²) in [5.74, 6) is -0.298. The van der Waals surface area contributed by atoms with Crippen LogP contribution in [0.5, 0.6) is 5.75 Å². The van der Waals surface area contributed by atoms with Crippen LogP contribution in [0.2, 0.25) is 0 Å².